The van der Waals surface area contributed by atoms with E-state index in [-0.39, 0.29) is 6.61 Å². The predicted octanol–water partition coefficient (Wildman–Crippen LogP) is 2.14. The Kier molecular flexibility index (Phi) is 4.32. The maximum absolute atomic E-state index is 8.50. The van der Waals surface area contributed by atoms with E-state index in [0.29, 0.717) is 21.8 Å². The van der Waals surface area contributed by atoms with Gasteiger partial charge in [-0.05, 0) is 11.6 Å². The van der Waals surface area contributed by atoms with Gasteiger partial charge < -0.3 is 10.4 Å². The van der Waals surface area contributed by atoms with Crippen molar-refractivity contribution >= 4 is 34.5 Å². The van der Waals surface area contributed by atoms with Gasteiger partial charge in [-0.3, -0.25) is 0 Å². The van der Waals surface area contributed by atoms with Crippen LogP contribution in [0.25, 0.3) is 0 Å². The molecule has 1 rings (SSSR count). The molecule has 0 bridgehead atoms. The summed E-state index contributed by atoms with van der Waals surface area (Å²) in [5.41, 5.74) is 0.986. The quantitative estimate of drug-likeness (QED) is 0.771. The maximum Gasteiger partial charge on any atom is 0.0989 e. The highest BCUT2D eigenvalue weighted by atomic mass is 35.5. The molecule has 0 aliphatic heterocycles. The van der Waals surface area contributed by atoms with Crippen LogP contribution in [0, 0.1) is 0 Å². The summed E-state index contributed by atoms with van der Waals surface area (Å²) in [4.78, 5) is 0. The molecule has 0 atom stereocenters. The SMILES string of the molecule is OCCNCc1cc(Cl)sc1Cl. The minimum Gasteiger partial charge on any atom is -0.395 e. The number of aliphatic hydroxyl groups excluding tert-OH is 1. The van der Waals surface area contributed by atoms with Crippen LogP contribution in [0.5, 0.6) is 0 Å². The summed E-state index contributed by atoms with van der Waals surface area (Å²) in [7, 11) is 0. The molecule has 0 saturated heterocycles. The standard InChI is InChI=1S/C7H9Cl2NOS/c8-6-3-5(7(9)12-6)4-10-1-2-11/h3,10-11H,1-2,4H2. The van der Waals surface area contributed by atoms with Crippen LogP contribution in [0.15, 0.2) is 6.07 Å². The Morgan fingerprint density at radius 2 is 2.25 bits per heavy atom. The van der Waals surface area contributed by atoms with E-state index in [4.69, 9.17) is 28.3 Å². The molecule has 1 heterocycles. The van der Waals surface area contributed by atoms with E-state index in [9.17, 15) is 0 Å². The molecule has 68 valence electrons. The summed E-state index contributed by atoms with van der Waals surface area (Å²) in [5, 5.41) is 11.5. The minimum atomic E-state index is 0.134. The van der Waals surface area contributed by atoms with Crippen molar-refractivity contribution in [3.63, 3.8) is 0 Å². The highest BCUT2D eigenvalue weighted by Crippen LogP contribution is 2.30. The largest absolute Gasteiger partial charge is 0.395 e. The summed E-state index contributed by atoms with van der Waals surface area (Å²) in [6, 6.07) is 1.83. The van der Waals surface area contributed by atoms with Crippen molar-refractivity contribution in [2.75, 3.05) is 13.2 Å². The molecule has 12 heavy (non-hydrogen) atoms. The number of rotatable bonds is 4. The molecule has 0 aliphatic rings. The van der Waals surface area contributed by atoms with E-state index in [1.165, 1.54) is 11.3 Å². The summed E-state index contributed by atoms with van der Waals surface area (Å²) >= 11 is 12.9. The molecule has 0 amide bonds. The van der Waals surface area contributed by atoms with Crippen LogP contribution in [-0.4, -0.2) is 18.3 Å². The molecule has 0 unspecified atom stereocenters. The highest BCUT2D eigenvalue weighted by Gasteiger charge is 2.04. The topological polar surface area (TPSA) is 32.3 Å². The number of nitrogens with one attached hydrogen (secondary N) is 1. The van der Waals surface area contributed by atoms with Gasteiger partial charge in [-0.25, -0.2) is 0 Å². The first-order valence-electron chi connectivity index (χ1n) is 3.49. The Bertz CT molecular complexity index is 252. The van der Waals surface area contributed by atoms with Crippen molar-refractivity contribution in [3.05, 3.63) is 20.3 Å². The lowest BCUT2D eigenvalue weighted by Crippen LogP contribution is -2.17. The van der Waals surface area contributed by atoms with Gasteiger partial charge in [0.25, 0.3) is 0 Å². The second-order valence-electron chi connectivity index (χ2n) is 2.25. The van der Waals surface area contributed by atoms with Crippen molar-refractivity contribution in [2.45, 2.75) is 6.54 Å². The Balaban J connectivity index is 2.45. The second-order valence-corrected chi connectivity index (χ2v) is 4.54. The van der Waals surface area contributed by atoms with Crippen LogP contribution in [0.4, 0.5) is 0 Å². The lowest BCUT2D eigenvalue weighted by atomic mass is 10.3. The highest BCUT2D eigenvalue weighted by molar-refractivity contribution is 7.20. The summed E-state index contributed by atoms with van der Waals surface area (Å²) in [6.07, 6.45) is 0. The molecule has 0 saturated carbocycles. The third-order valence-corrected chi connectivity index (χ3v) is 2.90. The summed E-state index contributed by atoms with van der Waals surface area (Å²) in [6.45, 7) is 1.36. The van der Waals surface area contributed by atoms with Gasteiger partial charge in [0, 0.05) is 13.1 Å². The minimum absolute atomic E-state index is 0.134. The van der Waals surface area contributed by atoms with Crippen LogP contribution in [0.2, 0.25) is 8.67 Å². The number of aliphatic hydroxyl groups is 1. The first-order chi connectivity index (χ1) is 5.74. The third kappa shape index (κ3) is 2.92. The Morgan fingerprint density at radius 3 is 2.75 bits per heavy atom. The molecule has 5 heteroatoms. The van der Waals surface area contributed by atoms with Crippen LogP contribution < -0.4 is 5.32 Å². The zero-order valence-electron chi connectivity index (χ0n) is 6.31. The van der Waals surface area contributed by atoms with E-state index in [1.807, 2.05) is 6.07 Å². The van der Waals surface area contributed by atoms with Crippen molar-refractivity contribution in [2.24, 2.45) is 0 Å². The summed E-state index contributed by atoms with van der Waals surface area (Å²) in [5.74, 6) is 0. The van der Waals surface area contributed by atoms with Gasteiger partial charge in [-0.15, -0.1) is 11.3 Å². The second kappa shape index (κ2) is 5.04. The van der Waals surface area contributed by atoms with Crippen molar-refractivity contribution in [3.8, 4) is 0 Å². The first-order valence-corrected chi connectivity index (χ1v) is 5.06. The fourth-order valence-corrected chi connectivity index (χ4v) is 2.28. The molecule has 0 spiro atoms. The number of thiophene rings is 1. The molecule has 2 nitrogen and oxygen atoms in total. The molecular formula is C7H9Cl2NOS. The Morgan fingerprint density at radius 1 is 1.50 bits per heavy atom. The van der Waals surface area contributed by atoms with E-state index in [0.717, 1.165) is 5.56 Å². The van der Waals surface area contributed by atoms with Crippen LogP contribution >= 0.6 is 34.5 Å². The van der Waals surface area contributed by atoms with E-state index in [1.54, 1.807) is 0 Å². The fraction of sp³-hybridized carbons (Fsp3) is 0.429. The normalized spacial score (nSPS) is 10.6. The van der Waals surface area contributed by atoms with Gasteiger partial charge in [-0.2, -0.15) is 0 Å². The average molecular weight is 226 g/mol. The number of hydrogen-bond donors (Lipinski definition) is 2. The molecule has 0 radical (unpaired) electrons. The third-order valence-electron chi connectivity index (χ3n) is 1.33. The zero-order chi connectivity index (χ0) is 8.97. The molecule has 2 N–H and O–H groups in total. The number of halogens is 2. The molecule has 1 aromatic heterocycles. The average Bonchev–Trinajstić information content (AvgIpc) is 2.31. The van der Waals surface area contributed by atoms with Gasteiger partial charge in [0.15, 0.2) is 0 Å². The fourth-order valence-electron chi connectivity index (χ4n) is 0.797. The van der Waals surface area contributed by atoms with Gasteiger partial charge in [0.2, 0.25) is 0 Å². The maximum atomic E-state index is 8.50. The zero-order valence-corrected chi connectivity index (χ0v) is 8.64. The smallest absolute Gasteiger partial charge is 0.0989 e. The Labute approximate surface area is 85.1 Å². The van der Waals surface area contributed by atoms with Crippen LogP contribution in [0.1, 0.15) is 5.56 Å². The molecular weight excluding hydrogens is 217 g/mol. The first kappa shape index (κ1) is 10.3. The molecule has 0 aromatic carbocycles. The van der Waals surface area contributed by atoms with E-state index < -0.39 is 0 Å². The lowest BCUT2D eigenvalue weighted by molar-refractivity contribution is 0.292. The van der Waals surface area contributed by atoms with Gasteiger partial charge in [-0.1, -0.05) is 23.2 Å². The lowest BCUT2D eigenvalue weighted by Gasteiger charge is -1.99. The van der Waals surface area contributed by atoms with Crippen LogP contribution in [-0.2, 0) is 6.54 Å². The summed E-state index contributed by atoms with van der Waals surface area (Å²) < 4.78 is 1.41. The van der Waals surface area contributed by atoms with Crippen molar-refractivity contribution in [1.82, 2.24) is 5.32 Å². The molecule has 1 aromatic rings. The van der Waals surface area contributed by atoms with Gasteiger partial charge >= 0.3 is 0 Å². The molecule has 0 fully saturated rings. The van der Waals surface area contributed by atoms with Crippen LogP contribution in [0.3, 0.4) is 0 Å². The van der Waals surface area contributed by atoms with E-state index in [2.05, 4.69) is 5.32 Å². The van der Waals surface area contributed by atoms with Crippen molar-refractivity contribution in [1.29, 1.82) is 0 Å². The molecule has 0 aliphatic carbocycles. The predicted molar refractivity (Wildman–Crippen MR) is 53.1 cm³/mol. The Hall–Kier alpha value is 0.200. The van der Waals surface area contributed by atoms with E-state index >= 15 is 0 Å². The monoisotopic (exact) mass is 225 g/mol. The van der Waals surface area contributed by atoms with Gasteiger partial charge in [0.1, 0.15) is 0 Å². The van der Waals surface area contributed by atoms with Gasteiger partial charge in [0.05, 0.1) is 15.3 Å². The van der Waals surface area contributed by atoms with Crippen molar-refractivity contribution < 1.29 is 5.11 Å². The number of hydrogen-bond acceptors (Lipinski definition) is 3.